The Hall–Kier alpha value is -0.560. The highest BCUT2D eigenvalue weighted by molar-refractivity contribution is 5.16. The molecule has 0 amide bonds. The molecule has 1 aliphatic carbocycles. The maximum atomic E-state index is 9.28. The molecule has 0 radical (unpaired) electrons. The van der Waals surface area contributed by atoms with Crippen molar-refractivity contribution >= 4 is 0 Å². The van der Waals surface area contributed by atoms with E-state index in [0.29, 0.717) is 0 Å². The largest absolute Gasteiger partial charge is 0.395 e. The minimum atomic E-state index is 0.0603. The summed E-state index contributed by atoms with van der Waals surface area (Å²) in [5.41, 5.74) is 0.0603. The van der Waals surface area contributed by atoms with Crippen LogP contribution < -0.4 is 0 Å². The van der Waals surface area contributed by atoms with Gasteiger partial charge in [0.15, 0.2) is 0 Å². The van der Waals surface area contributed by atoms with E-state index < -0.39 is 0 Å². The van der Waals surface area contributed by atoms with Crippen molar-refractivity contribution < 1.29 is 5.11 Å². The van der Waals surface area contributed by atoms with Crippen molar-refractivity contribution in [3.63, 3.8) is 0 Å². The van der Waals surface area contributed by atoms with Gasteiger partial charge in [-0.2, -0.15) is 0 Å². The summed E-state index contributed by atoms with van der Waals surface area (Å²) in [6, 6.07) is 0. The van der Waals surface area contributed by atoms with Gasteiger partial charge in [-0.05, 0) is 12.8 Å². The molecule has 0 aromatic carbocycles. The van der Waals surface area contributed by atoms with Crippen molar-refractivity contribution in [1.82, 2.24) is 0 Å². The van der Waals surface area contributed by atoms with E-state index in [1.165, 1.54) is 12.8 Å². The molecule has 0 bridgehead atoms. The highest BCUT2D eigenvalue weighted by Crippen LogP contribution is 2.32. The normalized spacial score (nSPS) is 27.8. The minimum absolute atomic E-state index is 0.0603. The molecule has 1 unspecified atom stereocenters. The van der Waals surface area contributed by atoms with E-state index in [2.05, 4.69) is 31.2 Å². The zero-order valence-corrected chi connectivity index (χ0v) is 7.79. The van der Waals surface area contributed by atoms with E-state index >= 15 is 0 Å². The minimum Gasteiger partial charge on any atom is -0.395 e. The molecule has 1 rings (SSSR count). The van der Waals surface area contributed by atoms with E-state index in [1.807, 2.05) is 0 Å². The zero-order valence-electron chi connectivity index (χ0n) is 7.79. The second-order valence-electron chi connectivity index (χ2n) is 3.62. The summed E-state index contributed by atoms with van der Waals surface area (Å²) in [6.45, 7) is 2.47. The molecule has 0 fully saturated rings. The first-order valence-electron chi connectivity index (χ1n) is 4.78. The van der Waals surface area contributed by atoms with Gasteiger partial charge in [0.25, 0.3) is 0 Å². The second kappa shape index (κ2) is 4.46. The zero-order chi connectivity index (χ0) is 8.86. The molecule has 0 aromatic rings. The fourth-order valence-corrected chi connectivity index (χ4v) is 1.62. The monoisotopic (exact) mass is 166 g/mol. The quantitative estimate of drug-likeness (QED) is 0.680. The van der Waals surface area contributed by atoms with Gasteiger partial charge in [-0.25, -0.2) is 0 Å². The molecular weight excluding hydrogens is 148 g/mol. The summed E-state index contributed by atoms with van der Waals surface area (Å²) in [6.07, 6.45) is 12.9. The molecule has 0 aromatic heterocycles. The molecule has 1 heteroatoms. The van der Waals surface area contributed by atoms with Crippen LogP contribution in [0.5, 0.6) is 0 Å². The average Bonchev–Trinajstić information content (AvgIpc) is 2.16. The molecule has 0 heterocycles. The van der Waals surface area contributed by atoms with Crippen molar-refractivity contribution in [2.45, 2.75) is 32.6 Å². The number of aliphatic hydroxyl groups excluding tert-OH is 1. The van der Waals surface area contributed by atoms with Gasteiger partial charge in [0.1, 0.15) is 0 Å². The maximum Gasteiger partial charge on any atom is 0.0525 e. The van der Waals surface area contributed by atoms with Gasteiger partial charge >= 0.3 is 0 Å². The number of rotatable bonds is 4. The van der Waals surface area contributed by atoms with Gasteiger partial charge in [0.05, 0.1) is 6.61 Å². The fraction of sp³-hybridized carbons (Fsp3) is 0.636. The lowest BCUT2D eigenvalue weighted by Gasteiger charge is -2.28. The highest BCUT2D eigenvalue weighted by atomic mass is 16.3. The van der Waals surface area contributed by atoms with Gasteiger partial charge in [-0.1, -0.05) is 44.1 Å². The molecule has 0 aliphatic heterocycles. The smallest absolute Gasteiger partial charge is 0.0525 e. The number of hydrogen-bond acceptors (Lipinski definition) is 1. The first-order chi connectivity index (χ1) is 5.83. The lowest BCUT2D eigenvalue weighted by Crippen LogP contribution is -2.23. The van der Waals surface area contributed by atoms with E-state index in [1.54, 1.807) is 0 Å². The van der Waals surface area contributed by atoms with Gasteiger partial charge in [-0.3, -0.25) is 0 Å². The summed E-state index contributed by atoms with van der Waals surface area (Å²) in [4.78, 5) is 0. The molecular formula is C11H18O. The van der Waals surface area contributed by atoms with Crippen LogP contribution in [0, 0.1) is 5.41 Å². The molecule has 12 heavy (non-hydrogen) atoms. The Morgan fingerprint density at radius 1 is 1.42 bits per heavy atom. The molecule has 1 nitrogen and oxygen atoms in total. The van der Waals surface area contributed by atoms with Crippen molar-refractivity contribution in [2.75, 3.05) is 6.61 Å². The predicted octanol–water partition coefficient (Wildman–Crippen LogP) is 2.67. The third kappa shape index (κ3) is 2.21. The van der Waals surface area contributed by atoms with Crippen LogP contribution in [0.1, 0.15) is 32.6 Å². The first kappa shape index (κ1) is 9.53. The Balaban J connectivity index is 2.51. The van der Waals surface area contributed by atoms with Gasteiger partial charge in [0.2, 0.25) is 0 Å². The average molecular weight is 166 g/mol. The highest BCUT2D eigenvalue weighted by Gasteiger charge is 2.24. The van der Waals surface area contributed by atoms with Crippen molar-refractivity contribution in [2.24, 2.45) is 5.41 Å². The van der Waals surface area contributed by atoms with Gasteiger partial charge in [0, 0.05) is 5.41 Å². The molecule has 0 saturated carbocycles. The molecule has 0 saturated heterocycles. The molecule has 1 atom stereocenters. The number of aliphatic hydroxyl groups is 1. The van der Waals surface area contributed by atoms with Crippen LogP contribution in [0.25, 0.3) is 0 Å². The Morgan fingerprint density at radius 3 is 2.75 bits per heavy atom. The van der Waals surface area contributed by atoms with Crippen LogP contribution in [0.3, 0.4) is 0 Å². The van der Waals surface area contributed by atoms with Crippen LogP contribution in [-0.2, 0) is 0 Å². The number of hydrogen-bond donors (Lipinski definition) is 1. The van der Waals surface area contributed by atoms with Crippen LogP contribution in [0.2, 0.25) is 0 Å². The Morgan fingerprint density at radius 2 is 2.25 bits per heavy atom. The van der Waals surface area contributed by atoms with E-state index in [0.717, 1.165) is 12.8 Å². The third-order valence-corrected chi connectivity index (χ3v) is 2.56. The van der Waals surface area contributed by atoms with E-state index in [9.17, 15) is 5.11 Å². The summed E-state index contributed by atoms with van der Waals surface area (Å²) < 4.78 is 0. The predicted molar refractivity (Wildman–Crippen MR) is 51.9 cm³/mol. The standard InChI is InChI=1S/C11H18O/c1-2-3-7-11(10-12)8-5-4-6-9-11/h4-6,8,12H,2-3,7,9-10H2,1H3. The van der Waals surface area contributed by atoms with Gasteiger partial charge < -0.3 is 5.11 Å². The Labute approximate surface area is 74.8 Å². The van der Waals surface area contributed by atoms with E-state index in [-0.39, 0.29) is 12.0 Å². The third-order valence-electron chi connectivity index (χ3n) is 2.56. The van der Waals surface area contributed by atoms with Crippen LogP contribution >= 0.6 is 0 Å². The lowest BCUT2D eigenvalue weighted by atomic mass is 9.78. The summed E-state index contributed by atoms with van der Waals surface area (Å²) in [5.74, 6) is 0. The maximum absolute atomic E-state index is 9.28. The van der Waals surface area contributed by atoms with Crippen molar-refractivity contribution in [1.29, 1.82) is 0 Å². The fourth-order valence-electron chi connectivity index (χ4n) is 1.62. The number of unbranched alkanes of at least 4 members (excludes halogenated alkanes) is 1. The summed E-state index contributed by atoms with van der Waals surface area (Å²) >= 11 is 0. The van der Waals surface area contributed by atoms with Crippen LogP contribution in [0.15, 0.2) is 24.3 Å². The van der Waals surface area contributed by atoms with Crippen molar-refractivity contribution in [3.8, 4) is 0 Å². The topological polar surface area (TPSA) is 20.2 Å². The van der Waals surface area contributed by atoms with Crippen LogP contribution in [0.4, 0.5) is 0 Å². The Kier molecular flexibility index (Phi) is 3.54. The SMILES string of the molecule is CCCCC1(CO)C=CC=CC1. The first-order valence-corrected chi connectivity index (χ1v) is 4.78. The van der Waals surface area contributed by atoms with Gasteiger partial charge in [-0.15, -0.1) is 0 Å². The van der Waals surface area contributed by atoms with Crippen LogP contribution in [-0.4, -0.2) is 11.7 Å². The molecule has 1 N–H and O–H groups in total. The Bertz CT molecular complexity index is 181. The molecule has 0 spiro atoms. The number of allylic oxidation sites excluding steroid dienone is 3. The van der Waals surface area contributed by atoms with Crippen molar-refractivity contribution in [3.05, 3.63) is 24.3 Å². The second-order valence-corrected chi connectivity index (χ2v) is 3.62. The van der Waals surface area contributed by atoms with E-state index in [4.69, 9.17) is 0 Å². The summed E-state index contributed by atoms with van der Waals surface area (Å²) in [7, 11) is 0. The lowest BCUT2D eigenvalue weighted by molar-refractivity contribution is 0.157. The summed E-state index contributed by atoms with van der Waals surface area (Å²) in [5, 5.41) is 9.28. The molecule has 68 valence electrons. The molecule has 1 aliphatic rings.